The van der Waals surface area contributed by atoms with E-state index in [9.17, 15) is 18.3 Å². The van der Waals surface area contributed by atoms with Crippen LogP contribution >= 0.6 is 11.8 Å². The first-order chi connectivity index (χ1) is 11.7. The van der Waals surface area contributed by atoms with E-state index < -0.39 is 17.3 Å². The summed E-state index contributed by atoms with van der Waals surface area (Å²) in [5.74, 6) is 0. The number of nitrogens with zero attached hydrogens (tertiary/aromatic N) is 1. The highest BCUT2D eigenvalue weighted by Crippen LogP contribution is 2.51. The zero-order chi connectivity index (χ0) is 18.2. The molecular weight excluding hydrogens is 347 g/mol. The largest absolute Gasteiger partial charge is 0.416 e. The van der Waals surface area contributed by atoms with Crippen molar-refractivity contribution >= 4 is 11.8 Å². The molecule has 1 aliphatic heterocycles. The summed E-state index contributed by atoms with van der Waals surface area (Å²) in [6.45, 7) is 0.756. The third kappa shape index (κ3) is 3.57. The second-order valence-electron chi connectivity index (χ2n) is 6.57. The van der Waals surface area contributed by atoms with Crippen molar-refractivity contribution in [1.82, 2.24) is 4.90 Å². The highest BCUT2D eigenvalue weighted by Gasteiger charge is 2.41. The lowest BCUT2D eigenvalue weighted by atomic mass is 9.81. The average Bonchev–Trinajstić information content (AvgIpc) is 2.53. The van der Waals surface area contributed by atoms with Gasteiger partial charge in [0.1, 0.15) is 5.60 Å². The van der Waals surface area contributed by atoms with Crippen LogP contribution in [-0.4, -0.2) is 30.6 Å². The van der Waals surface area contributed by atoms with E-state index >= 15 is 0 Å². The molecule has 3 rings (SSSR count). The molecule has 0 amide bonds. The Hall–Kier alpha value is -1.50. The van der Waals surface area contributed by atoms with Crippen LogP contribution in [0.5, 0.6) is 0 Å². The van der Waals surface area contributed by atoms with Gasteiger partial charge >= 0.3 is 6.18 Å². The first-order valence-electron chi connectivity index (χ1n) is 8.08. The molecule has 0 spiro atoms. The van der Waals surface area contributed by atoms with Gasteiger partial charge in [0.25, 0.3) is 0 Å². The van der Waals surface area contributed by atoms with Crippen molar-refractivity contribution in [2.24, 2.45) is 0 Å². The lowest BCUT2D eigenvalue weighted by Gasteiger charge is -2.37. The number of hydrogen-bond acceptors (Lipinski definition) is 3. The maximum absolute atomic E-state index is 13.2. The molecule has 6 heteroatoms. The van der Waals surface area contributed by atoms with Crippen LogP contribution in [0.15, 0.2) is 52.3 Å². The predicted octanol–water partition coefficient (Wildman–Crippen LogP) is 4.75. The Morgan fingerprint density at radius 2 is 1.72 bits per heavy atom. The van der Waals surface area contributed by atoms with Crippen LogP contribution in [0, 0.1) is 0 Å². The fourth-order valence-electron chi connectivity index (χ4n) is 3.20. The molecule has 0 aliphatic carbocycles. The van der Waals surface area contributed by atoms with Crippen molar-refractivity contribution in [3.63, 3.8) is 0 Å². The molecule has 1 aliphatic rings. The number of benzene rings is 2. The molecule has 0 saturated heterocycles. The lowest BCUT2D eigenvalue weighted by Crippen LogP contribution is -2.32. The third-order valence-electron chi connectivity index (χ3n) is 4.45. The number of halogens is 3. The zero-order valence-electron chi connectivity index (χ0n) is 14.1. The summed E-state index contributed by atoms with van der Waals surface area (Å²) < 4.78 is 39.5. The van der Waals surface area contributed by atoms with Gasteiger partial charge in [0.05, 0.1) is 5.56 Å². The minimum Gasteiger partial charge on any atom is -0.380 e. The second-order valence-corrected chi connectivity index (χ2v) is 7.66. The van der Waals surface area contributed by atoms with Crippen LogP contribution in [0.25, 0.3) is 0 Å². The van der Waals surface area contributed by atoms with E-state index in [1.165, 1.54) is 17.8 Å². The maximum atomic E-state index is 13.2. The van der Waals surface area contributed by atoms with Crippen LogP contribution < -0.4 is 0 Å². The normalized spacial score (nSPS) is 19.6. The number of rotatable bonds is 4. The van der Waals surface area contributed by atoms with E-state index in [2.05, 4.69) is 0 Å². The number of fused-ring (bicyclic) bond motifs is 2. The minimum atomic E-state index is -4.43. The Kier molecular flexibility index (Phi) is 4.88. The van der Waals surface area contributed by atoms with Gasteiger partial charge in [-0.05, 0) is 57.7 Å². The zero-order valence-corrected chi connectivity index (χ0v) is 14.9. The summed E-state index contributed by atoms with van der Waals surface area (Å²) in [7, 11) is 3.87. The summed E-state index contributed by atoms with van der Waals surface area (Å²) in [5.41, 5.74) is -1.10. The standard InChI is InChI=1S/C19H20F3NOS/c1-23(2)11-5-10-18(24)14-6-3-4-7-16(14)25-17-9-8-13(12-15(17)18)19(20,21)22/h3-4,6-9,12,24H,5,10-11H2,1-2H3. The molecule has 134 valence electrons. The van der Waals surface area contributed by atoms with Crippen molar-refractivity contribution in [2.75, 3.05) is 20.6 Å². The Morgan fingerprint density at radius 3 is 2.40 bits per heavy atom. The van der Waals surface area contributed by atoms with E-state index in [0.717, 1.165) is 23.6 Å². The van der Waals surface area contributed by atoms with Crippen LogP contribution in [0.2, 0.25) is 0 Å². The molecular formula is C19H20F3NOS. The predicted molar refractivity (Wildman–Crippen MR) is 92.8 cm³/mol. The topological polar surface area (TPSA) is 23.5 Å². The van der Waals surface area contributed by atoms with Gasteiger partial charge in [-0.25, -0.2) is 0 Å². The van der Waals surface area contributed by atoms with Crippen molar-refractivity contribution in [2.45, 2.75) is 34.4 Å². The van der Waals surface area contributed by atoms with Crippen molar-refractivity contribution in [3.05, 3.63) is 59.2 Å². The average molecular weight is 367 g/mol. The Bertz CT molecular complexity index is 776. The third-order valence-corrected chi connectivity index (χ3v) is 5.60. The van der Waals surface area contributed by atoms with E-state index in [4.69, 9.17) is 0 Å². The molecule has 1 unspecified atom stereocenters. The molecule has 1 heterocycles. The van der Waals surface area contributed by atoms with Crippen molar-refractivity contribution in [1.29, 1.82) is 0 Å². The SMILES string of the molecule is CN(C)CCCC1(O)c2ccccc2Sc2ccc(C(F)(F)F)cc21. The summed E-state index contributed by atoms with van der Waals surface area (Å²) in [4.78, 5) is 3.57. The minimum absolute atomic E-state index is 0.352. The van der Waals surface area contributed by atoms with Gasteiger partial charge in [0, 0.05) is 20.9 Å². The van der Waals surface area contributed by atoms with E-state index in [-0.39, 0.29) is 0 Å². The number of alkyl halides is 3. The molecule has 0 radical (unpaired) electrons. The Morgan fingerprint density at radius 1 is 1.04 bits per heavy atom. The number of aliphatic hydroxyl groups is 1. The molecule has 0 fully saturated rings. The maximum Gasteiger partial charge on any atom is 0.416 e. The van der Waals surface area contributed by atoms with Crippen molar-refractivity contribution < 1.29 is 18.3 Å². The van der Waals surface area contributed by atoms with Gasteiger partial charge in [-0.2, -0.15) is 13.2 Å². The van der Waals surface area contributed by atoms with Crippen LogP contribution in [-0.2, 0) is 11.8 Å². The molecule has 1 N–H and O–H groups in total. The van der Waals surface area contributed by atoms with Crippen LogP contribution in [0.1, 0.15) is 29.5 Å². The monoisotopic (exact) mass is 367 g/mol. The molecule has 0 bridgehead atoms. The van der Waals surface area contributed by atoms with E-state index in [1.807, 2.05) is 37.2 Å². The summed E-state index contributed by atoms with van der Waals surface area (Å²) in [5, 5.41) is 11.5. The smallest absolute Gasteiger partial charge is 0.380 e. The van der Waals surface area contributed by atoms with E-state index in [0.29, 0.717) is 28.9 Å². The Balaban J connectivity index is 2.09. The van der Waals surface area contributed by atoms with Gasteiger partial charge in [-0.1, -0.05) is 30.0 Å². The fraction of sp³-hybridized carbons (Fsp3) is 0.368. The van der Waals surface area contributed by atoms with Gasteiger partial charge < -0.3 is 10.0 Å². The quantitative estimate of drug-likeness (QED) is 0.844. The molecule has 2 aromatic carbocycles. The molecule has 1 atom stereocenters. The van der Waals surface area contributed by atoms with Crippen LogP contribution in [0.3, 0.4) is 0 Å². The van der Waals surface area contributed by atoms with Gasteiger partial charge in [-0.3, -0.25) is 0 Å². The first-order valence-corrected chi connectivity index (χ1v) is 8.89. The summed E-state index contributed by atoms with van der Waals surface area (Å²) >= 11 is 1.41. The number of hydrogen-bond donors (Lipinski definition) is 1. The highest BCUT2D eigenvalue weighted by atomic mass is 32.2. The summed E-state index contributed by atoms with van der Waals surface area (Å²) in [6, 6.07) is 11.1. The fourth-order valence-corrected chi connectivity index (χ4v) is 4.40. The van der Waals surface area contributed by atoms with Crippen molar-refractivity contribution in [3.8, 4) is 0 Å². The summed E-state index contributed by atoms with van der Waals surface area (Å²) in [6.07, 6.45) is -3.38. The lowest BCUT2D eigenvalue weighted by molar-refractivity contribution is -0.137. The van der Waals surface area contributed by atoms with Gasteiger partial charge in [-0.15, -0.1) is 0 Å². The molecule has 2 nitrogen and oxygen atoms in total. The highest BCUT2D eigenvalue weighted by molar-refractivity contribution is 7.99. The van der Waals surface area contributed by atoms with Crippen LogP contribution in [0.4, 0.5) is 13.2 Å². The molecule has 25 heavy (non-hydrogen) atoms. The Labute approximate surface area is 149 Å². The molecule has 2 aromatic rings. The second kappa shape index (κ2) is 6.67. The van der Waals surface area contributed by atoms with E-state index in [1.54, 1.807) is 6.07 Å². The molecule has 0 aromatic heterocycles. The van der Waals surface area contributed by atoms with Gasteiger partial charge in [0.15, 0.2) is 0 Å². The first kappa shape index (κ1) is 18.3. The molecule has 0 saturated carbocycles. The van der Waals surface area contributed by atoms with Gasteiger partial charge in [0.2, 0.25) is 0 Å².